The number of carbonyl (C=O) groups excluding carboxylic acids is 1. The Balaban J connectivity index is 1.57. The zero-order valence-corrected chi connectivity index (χ0v) is 16.4. The molecule has 0 radical (unpaired) electrons. The van der Waals surface area contributed by atoms with E-state index in [1.54, 1.807) is 36.4 Å². The molecule has 3 rings (SSSR count). The molecule has 1 N–H and O–H groups in total. The first-order valence-corrected chi connectivity index (χ1v) is 10.0. The largest absolute Gasteiger partial charge is 0.434 e. The lowest BCUT2D eigenvalue weighted by Crippen LogP contribution is -2.07. The summed E-state index contributed by atoms with van der Waals surface area (Å²) in [4.78, 5) is 12.0. The van der Waals surface area contributed by atoms with Crippen molar-refractivity contribution in [2.45, 2.75) is 16.7 Å². The van der Waals surface area contributed by atoms with Crippen molar-refractivity contribution < 1.29 is 22.7 Å². The van der Waals surface area contributed by atoms with Crippen LogP contribution >= 0.6 is 23.1 Å². The molecule has 0 atom stereocenters. The van der Waals surface area contributed by atoms with Crippen LogP contribution in [0.1, 0.15) is 11.1 Å². The van der Waals surface area contributed by atoms with Crippen LogP contribution in [0.4, 0.5) is 18.3 Å². The first-order valence-electron chi connectivity index (χ1n) is 8.24. The number of benzene rings is 2. The van der Waals surface area contributed by atoms with E-state index in [-0.39, 0.29) is 16.7 Å². The Hall–Kier alpha value is -2.85. The minimum absolute atomic E-state index is 0.0331. The number of aromatic nitrogens is 2. The van der Waals surface area contributed by atoms with Gasteiger partial charge in [-0.15, -0.1) is 10.2 Å². The first-order chi connectivity index (χ1) is 14.0. The predicted octanol–water partition coefficient (Wildman–Crippen LogP) is 5.22. The van der Waals surface area contributed by atoms with Gasteiger partial charge in [-0.05, 0) is 23.8 Å². The molecule has 1 aromatic heterocycles. The van der Waals surface area contributed by atoms with Crippen molar-refractivity contribution in [3.8, 4) is 5.75 Å². The monoisotopic (exact) mass is 437 g/mol. The maximum atomic E-state index is 13.6. The molecule has 0 fully saturated rings. The molecule has 0 unspecified atom stereocenters. The summed E-state index contributed by atoms with van der Waals surface area (Å²) in [5, 5.41) is 10.6. The predicted molar refractivity (Wildman–Crippen MR) is 107 cm³/mol. The van der Waals surface area contributed by atoms with Gasteiger partial charge in [0.25, 0.3) is 0 Å². The van der Waals surface area contributed by atoms with Gasteiger partial charge in [-0.2, -0.15) is 8.78 Å². The highest BCUT2D eigenvalue weighted by molar-refractivity contribution is 8.00. The molecule has 0 aliphatic carbocycles. The van der Waals surface area contributed by atoms with E-state index in [1.807, 2.05) is 0 Å². The van der Waals surface area contributed by atoms with Gasteiger partial charge in [-0.25, -0.2) is 4.39 Å². The molecule has 0 aliphatic rings. The number of rotatable bonds is 8. The molecule has 29 heavy (non-hydrogen) atoms. The topological polar surface area (TPSA) is 64.1 Å². The first kappa shape index (κ1) is 20.9. The number of alkyl halides is 2. The molecule has 5 nitrogen and oxygen atoms in total. The Bertz CT molecular complexity index is 1010. The van der Waals surface area contributed by atoms with Gasteiger partial charge in [-0.3, -0.25) is 10.1 Å². The van der Waals surface area contributed by atoms with E-state index in [9.17, 15) is 18.0 Å². The van der Waals surface area contributed by atoms with Crippen molar-refractivity contribution >= 4 is 40.2 Å². The van der Waals surface area contributed by atoms with Gasteiger partial charge in [0.15, 0.2) is 4.34 Å². The van der Waals surface area contributed by atoms with Crippen LogP contribution in [0, 0.1) is 5.82 Å². The minimum Gasteiger partial charge on any atom is -0.434 e. The second-order valence-corrected chi connectivity index (χ2v) is 7.69. The molecule has 0 saturated heterocycles. The summed E-state index contributed by atoms with van der Waals surface area (Å²) in [6, 6.07) is 12.6. The maximum absolute atomic E-state index is 13.6. The van der Waals surface area contributed by atoms with E-state index in [2.05, 4.69) is 20.3 Å². The van der Waals surface area contributed by atoms with E-state index < -0.39 is 12.5 Å². The van der Waals surface area contributed by atoms with E-state index in [0.717, 1.165) is 11.3 Å². The Labute approximate surface area is 172 Å². The van der Waals surface area contributed by atoms with Gasteiger partial charge in [0.2, 0.25) is 11.0 Å². The Kier molecular flexibility index (Phi) is 7.25. The normalized spacial score (nSPS) is 11.2. The molecule has 1 amide bonds. The summed E-state index contributed by atoms with van der Waals surface area (Å²) in [6.07, 6.45) is 2.54. The van der Waals surface area contributed by atoms with Crippen molar-refractivity contribution in [3.05, 3.63) is 71.6 Å². The highest BCUT2D eigenvalue weighted by Gasteiger charge is 2.10. The molecular weight excluding hydrogens is 423 g/mol. The number of thioether (sulfide) groups is 1. The third kappa shape index (κ3) is 6.33. The van der Waals surface area contributed by atoms with Crippen LogP contribution in [0.2, 0.25) is 0 Å². The zero-order chi connectivity index (χ0) is 20.6. The number of ether oxygens (including phenoxy) is 1. The number of nitrogens with zero attached hydrogens (tertiary/aromatic N) is 2. The Morgan fingerprint density at radius 1 is 1.17 bits per heavy atom. The van der Waals surface area contributed by atoms with Crippen LogP contribution in [0.3, 0.4) is 0 Å². The fraction of sp³-hybridized carbons (Fsp3) is 0.105. The van der Waals surface area contributed by atoms with Gasteiger partial charge in [-0.1, -0.05) is 59.5 Å². The van der Waals surface area contributed by atoms with E-state index in [0.29, 0.717) is 21.2 Å². The molecule has 0 spiro atoms. The van der Waals surface area contributed by atoms with Crippen molar-refractivity contribution in [2.24, 2.45) is 0 Å². The van der Waals surface area contributed by atoms with Crippen molar-refractivity contribution in [2.75, 3.05) is 5.32 Å². The number of para-hydroxylation sites is 1. The second kappa shape index (κ2) is 10.1. The summed E-state index contributed by atoms with van der Waals surface area (Å²) in [6.45, 7) is -2.96. The second-order valence-electron chi connectivity index (χ2n) is 5.49. The summed E-state index contributed by atoms with van der Waals surface area (Å²) in [7, 11) is 0. The van der Waals surface area contributed by atoms with Gasteiger partial charge >= 0.3 is 6.61 Å². The number of hydrogen-bond donors (Lipinski definition) is 1. The van der Waals surface area contributed by atoms with Crippen LogP contribution < -0.4 is 10.1 Å². The highest BCUT2D eigenvalue weighted by atomic mass is 32.2. The fourth-order valence-electron chi connectivity index (χ4n) is 2.21. The number of halogens is 3. The number of hydrogen-bond acceptors (Lipinski definition) is 6. The average Bonchev–Trinajstić information content (AvgIpc) is 3.13. The lowest BCUT2D eigenvalue weighted by atomic mass is 10.2. The van der Waals surface area contributed by atoms with Crippen molar-refractivity contribution in [1.29, 1.82) is 0 Å². The molecule has 150 valence electrons. The van der Waals surface area contributed by atoms with Crippen LogP contribution in [0.15, 0.2) is 58.9 Å². The summed E-state index contributed by atoms with van der Waals surface area (Å²) in [5.74, 6) is -0.442. The van der Waals surface area contributed by atoms with Crippen molar-refractivity contribution in [3.63, 3.8) is 0 Å². The van der Waals surface area contributed by atoms with Crippen LogP contribution in [0.5, 0.6) is 5.75 Å². The van der Waals surface area contributed by atoms with E-state index in [4.69, 9.17) is 0 Å². The number of nitrogens with one attached hydrogen (secondary N) is 1. The summed E-state index contributed by atoms with van der Waals surface area (Å²) >= 11 is 2.45. The third-order valence-electron chi connectivity index (χ3n) is 3.49. The standard InChI is InChI=1S/C19H14F3N3O2S2/c20-14-7-3-1-6-13(14)11-28-19-25-24-18(29-19)23-16(26)10-9-12-5-2-4-8-15(12)27-17(21)22/h1-10,17H,11H2,(H,23,24,26)/b10-9+. The molecular formula is C19H14F3N3O2S2. The Morgan fingerprint density at radius 2 is 1.93 bits per heavy atom. The fourth-order valence-corrected chi connectivity index (χ4v) is 3.95. The lowest BCUT2D eigenvalue weighted by Gasteiger charge is -2.07. The maximum Gasteiger partial charge on any atom is 0.387 e. The number of carbonyl (C=O) groups is 1. The molecule has 1 heterocycles. The number of amides is 1. The van der Waals surface area contributed by atoms with Crippen molar-refractivity contribution in [1.82, 2.24) is 10.2 Å². The summed E-state index contributed by atoms with van der Waals surface area (Å²) < 4.78 is 43.4. The van der Waals surface area contributed by atoms with Crippen LogP contribution in [0.25, 0.3) is 6.08 Å². The van der Waals surface area contributed by atoms with Gasteiger partial charge in [0.05, 0.1) is 0 Å². The van der Waals surface area contributed by atoms with Crippen LogP contribution in [-0.2, 0) is 10.5 Å². The van der Waals surface area contributed by atoms with Gasteiger partial charge in [0.1, 0.15) is 11.6 Å². The van der Waals surface area contributed by atoms with Gasteiger partial charge < -0.3 is 4.74 Å². The lowest BCUT2D eigenvalue weighted by molar-refractivity contribution is -0.111. The average molecular weight is 437 g/mol. The molecule has 0 bridgehead atoms. The van der Waals surface area contributed by atoms with E-state index in [1.165, 1.54) is 36.0 Å². The quantitative estimate of drug-likeness (QED) is 0.297. The molecule has 3 aromatic rings. The van der Waals surface area contributed by atoms with Crippen LogP contribution in [-0.4, -0.2) is 22.7 Å². The highest BCUT2D eigenvalue weighted by Crippen LogP contribution is 2.29. The zero-order valence-electron chi connectivity index (χ0n) is 14.7. The molecule has 10 heteroatoms. The number of anilines is 1. The molecule has 0 aliphatic heterocycles. The van der Waals surface area contributed by atoms with E-state index >= 15 is 0 Å². The Morgan fingerprint density at radius 3 is 2.72 bits per heavy atom. The molecule has 0 saturated carbocycles. The molecule has 2 aromatic carbocycles. The minimum atomic E-state index is -2.96. The summed E-state index contributed by atoms with van der Waals surface area (Å²) in [5.41, 5.74) is 0.882. The van der Waals surface area contributed by atoms with Gasteiger partial charge in [0, 0.05) is 17.4 Å². The third-order valence-corrected chi connectivity index (χ3v) is 5.52. The smallest absolute Gasteiger partial charge is 0.387 e. The SMILES string of the molecule is O=C(/C=C/c1ccccc1OC(F)F)Nc1nnc(SCc2ccccc2F)s1.